The lowest BCUT2D eigenvalue weighted by atomic mass is 10.1. The minimum absolute atomic E-state index is 0.0433. The molecule has 1 aliphatic carbocycles. The van der Waals surface area contributed by atoms with Crippen LogP contribution in [0.1, 0.15) is 32.6 Å². The fourth-order valence-corrected chi connectivity index (χ4v) is 1.58. The molecule has 1 fully saturated rings. The molecule has 0 saturated heterocycles. The SMILES string of the molecule is C[C@@H](NC(=O)C1CCCC1)C(=O)O. The monoisotopic (exact) mass is 185 g/mol. The zero-order valence-corrected chi connectivity index (χ0v) is 7.75. The molecule has 1 saturated carbocycles. The van der Waals surface area contributed by atoms with Gasteiger partial charge in [-0.25, -0.2) is 0 Å². The molecule has 0 heterocycles. The van der Waals surface area contributed by atoms with Gasteiger partial charge in [-0.1, -0.05) is 12.8 Å². The number of rotatable bonds is 3. The lowest BCUT2D eigenvalue weighted by Crippen LogP contribution is -2.41. The molecule has 0 bridgehead atoms. The van der Waals surface area contributed by atoms with E-state index in [-0.39, 0.29) is 11.8 Å². The molecule has 0 aromatic heterocycles. The van der Waals surface area contributed by atoms with Crippen LogP contribution in [0.15, 0.2) is 0 Å². The van der Waals surface area contributed by atoms with E-state index >= 15 is 0 Å². The largest absolute Gasteiger partial charge is 0.480 e. The summed E-state index contributed by atoms with van der Waals surface area (Å²) < 4.78 is 0. The summed E-state index contributed by atoms with van der Waals surface area (Å²) in [6.07, 6.45) is 3.97. The molecule has 0 radical (unpaired) electrons. The van der Waals surface area contributed by atoms with Crippen LogP contribution in [-0.4, -0.2) is 23.0 Å². The van der Waals surface area contributed by atoms with Crippen molar-refractivity contribution in [3.05, 3.63) is 0 Å². The van der Waals surface area contributed by atoms with Crippen molar-refractivity contribution in [1.29, 1.82) is 0 Å². The number of hydrogen-bond donors (Lipinski definition) is 2. The fourth-order valence-electron chi connectivity index (χ4n) is 1.58. The second kappa shape index (κ2) is 4.25. The zero-order valence-electron chi connectivity index (χ0n) is 7.75. The predicted octanol–water partition coefficient (Wildman–Crippen LogP) is 0.766. The minimum Gasteiger partial charge on any atom is -0.480 e. The Balaban J connectivity index is 2.35. The van der Waals surface area contributed by atoms with Crippen LogP contribution in [-0.2, 0) is 9.59 Å². The van der Waals surface area contributed by atoms with E-state index < -0.39 is 12.0 Å². The number of amides is 1. The van der Waals surface area contributed by atoms with Gasteiger partial charge in [0.25, 0.3) is 0 Å². The van der Waals surface area contributed by atoms with Crippen molar-refractivity contribution < 1.29 is 14.7 Å². The molecule has 0 aromatic carbocycles. The van der Waals surface area contributed by atoms with Crippen LogP contribution in [0.3, 0.4) is 0 Å². The number of carbonyl (C=O) groups is 2. The Morgan fingerprint density at radius 1 is 1.38 bits per heavy atom. The molecule has 1 atom stereocenters. The standard InChI is InChI=1S/C9H15NO3/c1-6(9(12)13)10-8(11)7-4-2-3-5-7/h6-7H,2-5H2,1H3,(H,10,11)(H,12,13)/t6-/m1/s1. The van der Waals surface area contributed by atoms with Gasteiger partial charge in [-0.2, -0.15) is 0 Å². The molecule has 1 aliphatic rings. The Bertz CT molecular complexity index is 209. The molecular weight excluding hydrogens is 170 g/mol. The maximum absolute atomic E-state index is 11.4. The van der Waals surface area contributed by atoms with Crippen molar-refractivity contribution in [2.24, 2.45) is 5.92 Å². The second-order valence-corrected chi connectivity index (χ2v) is 3.55. The molecule has 4 nitrogen and oxygen atoms in total. The average Bonchev–Trinajstić information content (AvgIpc) is 2.55. The molecule has 0 unspecified atom stereocenters. The third-order valence-corrected chi connectivity index (χ3v) is 2.46. The molecule has 0 spiro atoms. The lowest BCUT2D eigenvalue weighted by Gasteiger charge is -2.12. The van der Waals surface area contributed by atoms with Crippen LogP contribution in [0.2, 0.25) is 0 Å². The molecule has 1 rings (SSSR count). The first-order valence-corrected chi connectivity index (χ1v) is 4.64. The first-order chi connectivity index (χ1) is 6.11. The van der Waals surface area contributed by atoms with Gasteiger partial charge in [0.2, 0.25) is 5.91 Å². The Kier molecular flexibility index (Phi) is 3.28. The minimum atomic E-state index is -0.980. The third-order valence-electron chi connectivity index (χ3n) is 2.46. The Morgan fingerprint density at radius 3 is 2.38 bits per heavy atom. The van der Waals surface area contributed by atoms with Crippen molar-refractivity contribution in [3.63, 3.8) is 0 Å². The lowest BCUT2D eigenvalue weighted by molar-refractivity contribution is -0.141. The maximum Gasteiger partial charge on any atom is 0.325 e. The normalized spacial score (nSPS) is 19.8. The van der Waals surface area contributed by atoms with Crippen LogP contribution >= 0.6 is 0 Å². The number of carboxylic acids is 1. The number of carbonyl (C=O) groups excluding carboxylic acids is 1. The Hall–Kier alpha value is -1.06. The van der Waals surface area contributed by atoms with Crippen molar-refractivity contribution >= 4 is 11.9 Å². The predicted molar refractivity (Wildman–Crippen MR) is 47.2 cm³/mol. The molecule has 1 amide bonds. The van der Waals surface area contributed by atoms with Gasteiger partial charge in [0.1, 0.15) is 6.04 Å². The smallest absolute Gasteiger partial charge is 0.325 e. The number of nitrogens with one attached hydrogen (secondary N) is 1. The summed E-state index contributed by atoms with van der Waals surface area (Å²) in [5.74, 6) is -1.04. The Labute approximate surface area is 77.3 Å². The molecule has 74 valence electrons. The molecule has 2 N–H and O–H groups in total. The number of carboxylic acid groups (broad SMARTS) is 1. The van der Waals surface area contributed by atoms with Crippen LogP contribution < -0.4 is 5.32 Å². The van der Waals surface area contributed by atoms with Crippen molar-refractivity contribution in [3.8, 4) is 0 Å². The molecular formula is C9H15NO3. The highest BCUT2D eigenvalue weighted by molar-refractivity contribution is 5.84. The topological polar surface area (TPSA) is 66.4 Å². The van der Waals surface area contributed by atoms with E-state index in [4.69, 9.17) is 5.11 Å². The van der Waals surface area contributed by atoms with Crippen LogP contribution in [0.5, 0.6) is 0 Å². The van der Waals surface area contributed by atoms with Gasteiger partial charge in [-0.05, 0) is 19.8 Å². The zero-order chi connectivity index (χ0) is 9.84. The highest BCUT2D eigenvalue weighted by atomic mass is 16.4. The summed E-state index contributed by atoms with van der Waals surface area (Å²) in [6, 6.07) is -0.770. The summed E-state index contributed by atoms with van der Waals surface area (Å²) >= 11 is 0. The van der Waals surface area contributed by atoms with E-state index in [0.29, 0.717) is 0 Å². The molecule has 0 aromatic rings. The third kappa shape index (κ3) is 2.72. The summed E-state index contributed by atoms with van der Waals surface area (Å²) in [5, 5.41) is 11.0. The summed E-state index contributed by atoms with van der Waals surface area (Å²) in [6.45, 7) is 1.48. The van der Waals surface area contributed by atoms with E-state index in [1.54, 1.807) is 0 Å². The first-order valence-electron chi connectivity index (χ1n) is 4.64. The van der Waals surface area contributed by atoms with Crippen molar-refractivity contribution in [2.75, 3.05) is 0 Å². The number of hydrogen-bond acceptors (Lipinski definition) is 2. The highest BCUT2D eigenvalue weighted by Gasteiger charge is 2.24. The second-order valence-electron chi connectivity index (χ2n) is 3.55. The first kappa shape index (κ1) is 10.0. The fraction of sp³-hybridized carbons (Fsp3) is 0.778. The van der Waals surface area contributed by atoms with Gasteiger partial charge in [-0.15, -0.1) is 0 Å². The van der Waals surface area contributed by atoms with E-state index in [1.165, 1.54) is 6.92 Å². The van der Waals surface area contributed by atoms with Gasteiger partial charge in [-0.3, -0.25) is 9.59 Å². The van der Waals surface area contributed by atoms with Gasteiger partial charge in [0.05, 0.1) is 0 Å². The average molecular weight is 185 g/mol. The number of aliphatic carboxylic acids is 1. The quantitative estimate of drug-likeness (QED) is 0.682. The summed E-state index contributed by atoms with van der Waals surface area (Å²) in [7, 11) is 0. The maximum atomic E-state index is 11.4. The molecule has 13 heavy (non-hydrogen) atoms. The van der Waals surface area contributed by atoms with Gasteiger partial charge < -0.3 is 10.4 Å². The molecule has 4 heteroatoms. The summed E-state index contributed by atoms with van der Waals surface area (Å²) in [4.78, 5) is 21.8. The van der Waals surface area contributed by atoms with Crippen LogP contribution in [0, 0.1) is 5.92 Å². The van der Waals surface area contributed by atoms with Crippen molar-refractivity contribution in [1.82, 2.24) is 5.32 Å². The van der Waals surface area contributed by atoms with E-state index in [2.05, 4.69) is 5.32 Å². The van der Waals surface area contributed by atoms with Gasteiger partial charge in [0.15, 0.2) is 0 Å². The highest BCUT2D eigenvalue weighted by Crippen LogP contribution is 2.24. The van der Waals surface area contributed by atoms with Crippen LogP contribution in [0.25, 0.3) is 0 Å². The van der Waals surface area contributed by atoms with Gasteiger partial charge in [0, 0.05) is 5.92 Å². The van der Waals surface area contributed by atoms with Gasteiger partial charge >= 0.3 is 5.97 Å². The van der Waals surface area contributed by atoms with Crippen molar-refractivity contribution in [2.45, 2.75) is 38.6 Å². The van der Waals surface area contributed by atoms with E-state index in [9.17, 15) is 9.59 Å². The summed E-state index contributed by atoms with van der Waals surface area (Å²) in [5.41, 5.74) is 0. The molecule has 0 aliphatic heterocycles. The van der Waals surface area contributed by atoms with Crippen LogP contribution in [0.4, 0.5) is 0 Å². The van der Waals surface area contributed by atoms with E-state index in [0.717, 1.165) is 25.7 Å². The Morgan fingerprint density at radius 2 is 1.92 bits per heavy atom. The van der Waals surface area contributed by atoms with E-state index in [1.807, 2.05) is 0 Å².